The van der Waals surface area contributed by atoms with Crippen molar-refractivity contribution in [3.05, 3.63) is 17.5 Å². The number of esters is 1. The molecule has 1 aromatic rings. The van der Waals surface area contributed by atoms with Crippen LogP contribution in [0.1, 0.15) is 0 Å². The number of nitrogens with zero attached hydrogens (tertiary/aromatic N) is 2. The molecule has 0 radical (unpaired) electrons. The van der Waals surface area contributed by atoms with Gasteiger partial charge in [0, 0.05) is 6.07 Å². The lowest BCUT2D eigenvalue weighted by molar-refractivity contribution is -0.138. The minimum atomic E-state index is -0.366. The van der Waals surface area contributed by atoms with Crippen LogP contribution < -0.4 is 5.32 Å². The van der Waals surface area contributed by atoms with Crippen molar-refractivity contribution in [2.24, 2.45) is 0 Å². The number of nitrogens with one attached hydrogen (secondary N) is 1. The number of ether oxygens (including phenoxy) is 1. The zero-order valence-electron chi connectivity index (χ0n) is 6.95. The molecule has 1 aromatic heterocycles. The van der Waals surface area contributed by atoms with Crippen molar-refractivity contribution >= 4 is 23.4 Å². The maximum Gasteiger partial charge on any atom is 0.325 e. The highest BCUT2D eigenvalue weighted by Gasteiger charge is 2.00. The zero-order valence-corrected chi connectivity index (χ0v) is 7.71. The Labute approximate surface area is 80.1 Å². The van der Waals surface area contributed by atoms with Crippen LogP contribution >= 0.6 is 11.6 Å². The molecule has 5 nitrogen and oxygen atoms in total. The highest BCUT2D eigenvalue weighted by Crippen LogP contribution is 2.07. The standard InChI is InChI=1S/C7H8ClN3O2/c1-13-7(12)3-9-6-2-5(8)10-4-11-6/h2,4H,3H2,1H3,(H,9,10,11). The number of aromatic nitrogens is 2. The number of hydrogen-bond donors (Lipinski definition) is 1. The molecule has 0 saturated carbocycles. The predicted molar refractivity (Wildman–Crippen MR) is 47.5 cm³/mol. The molecule has 0 atom stereocenters. The molecule has 13 heavy (non-hydrogen) atoms. The first kappa shape index (κ1) is 9.73. The Morgan fingerprint density at radius 3 is 3.08 bits per heavy atom. The van der Waals surface area contributed by atoms with E-state index in [9.17, 15) is 4.79 Å². The van der Waals surface area contributed by atoms with E-state index in [0.717, 1.165) is 0 Å². The molecule has 0 unspecified atom stereocenters. The van der Waals surface area contributed by atoms with Gasteiger partial charge in [0.1, 0.15) is 23.8 Å². The van der Waals surface area contributed by atoms with E-state index >= 15 is 0 Å². The molecule has 0 aliphatic carbocycles. The lowest BCUT2D eigenvalue weighted by Crippen LogP contribution is -2.15. The van der Waals surface area contributed by atoms with E-state index in [4.69, 9.17) is 11.6 Å². The van der Waals surface area contributed by atoms with Gasteiger partial charge in [0.2, 0.25) is 0 Å². The van der Waals surface area contributed by atoms with Gasteiger partial charge in [0.05, 0.1) is 7.11 Å². The zero-order chi connectivity index (χ0) is 9.68. The summed E-state index contributed by atoms with van der Waals surface area (Å²) >= 11 is 5.59. The molecule has 0 bridgehead atoms. The first-order valence-corrected chi connectivity index (χ1v) is 3.88. The van der Waals surface area contributed by atoms with Gasteiger partial charge in [-0.1, -0.05) is 11.6 Å². The van der Waals surface area contributed by atoms with Crippen LogP contribution in [0.5, 0.6) is 0 Å². The Morgan fingerprint density at radius 2 is 2.46 bits per heavy atom. The van der Waals surface area contributed by atoms with Crippen LogP contribution in [0.2, 0.25) is 5.15 Å². The highest BCUT2D eigenvalue weighted by molar-refractivity contribution is 6.29. The normalized spacial score (nSPS) is 9.38. The summed E-state index contributed by atoms with van der Waals surface area (Å²) in [4.78, 5) is 18.2. The number of halogens is 1. The van der Waals surface area contributed by atoms with Crippen LogP contribution in [0.3, 0.4) is 0 Å². The van der Waals surface area contributed by atoms with E-state index in [1.807, 2.05) is 0 Å². The van der Waals surface area contributed by atoms with Crippen LogP contribution in [-0.2, 0) is 9.53 Å². The Kier molecular flexibility index (Phi) is 3.45. The second kappa shape index (κ2) is 4.61. The average Bonchev–Trinajstić information content (AvgIpc) is 2.14. The van der Waals surface area contributed by atoms with Gasteiger partial charge in [-0.2, -0.15) is 0 Å². The minimum Gasteiger partial charge on any atom is -0.468 e. The van der Waals surface area contributed by atoms with Gasteiger partial charge in [-0.25, -0.2) is 9.97 Å². The molecular weight excluding hydrogens is 194 g/mol. The van der Waals surface area contributed by atoms with E-state index in [1.165, 1.54) is 19.5 Å². The van der Waals surface area contributed by atoms with Gasteiger partial charge in [0.15, 0.2) is 0 Å². The largest absolute Gasteiger partial charge is 0.468 e. The molecule has 0 fully saturated rings. The second-order valence-electron chi connectivity index (χ2n) is 2.16. The highest BCUT2D eigenvalue weighted by atomic mass is 35.5. The van der Waals surface area contributed by atoms with Crippen molar-refractivity contribution in [3.63, 3.8) is 0 Å². The van der Waals surface area contributed by atoms with Gasteiger partial charge in [-0.3, -0.25) is 4.79 Å². The summed E-state index contributed by atoms with van der Waals surface area (Å²) in [5.74, 6) is 0.125. The smallest absolute Gasteiger partial charge is 0.325 e. The molecule has 1 heterocycles. The molecular formula is C7H8ClN3O2. The van der Waals surface area contributed by atoms with Gasteiger partial charge in [0.25, 0.3) is 0 Å². The van der Waals surface area contributed by atoms with E-state index in [2.05, 4.69) is 20.0 Å². The summed E-state index contributed by atoms with van der Waals surface area (Å²) in [6.07, 6.45) is 1.31. The van der Waals surface area contributed by atoms with E-state index in [0.29, 0.717) is 11.0 Å². The van der Waals surface area contributed by atoms with Crippen molar-refractivity contribution in [2.45, 2.75) is 0 Å². The molecule has 0 saturated heterocycles. The lowest BCUT2D eigenvalue weighted by atomic mass is 10.5. The fraction of sp³-hybridized carbons (Fsp3) is 0.286. The summed E-state index contributed by atoms with van der Waals surface area (Å²) < 4.78 is 4.42. The Balaban J connectivity index is 2.50. The van der Waals surface area contributed by atoms with Gasteiger partial charge in [-0.15, -0.1) is 0 Å². The molecule has 0 aromatic carbocycles. The maximum absolute atomic E-state index is 10.7. The summed E-state index contributed by atoms with van der Waals surface area (Å²) in [6, 6.07) is 1.52. The molecule has 70 valence electrons. The van der Waals surface area contributed by atoms with E-state index < -0.39 is 0 Å². The minimum absolute atomic E-state index is 0.0594. The fourth-order valence-electron chi connectivity index (χ4n) is 0.665. The van der Waals surface area contributed by atoms with E-state index in [1.54, 1.807) is 0 Å². The Morgan fingerprint density at radius 1 is 1.69 bits per heavy atom. The summed E-state index contributed by atoms with van der Waals surface area (Å²) in [5, 5.41) is 3.05. The Bertz CT molecular complexity index is 306. The fourth-order valence-corrected chi connectivity index (χ4v) is 0.812. The maximum atomic E-state index is 10.7. The summed E-state index contributed by atoms with van der Waals surface area (Å²) in [5.41, 5.74) is 0. The number of carbonyl (C=O) groups excluding carboxylic acids is 1. The second-order valence-corrected chi connectivity index (χ2v) is 2.54. The molecule has 1 rings (SSSR count). The van der Waals surface area contributed by atoms with Crippen LogP contribution in [0.4, 0.5) is 5.82 Å². The quantitative estimate of drug-likeness (QED) is 0.577. The summed E-state index contributed by atoms with van der Waals surface area (Å²) in [6.45, 7) is 0.0594. The number of rotatable bonds is 3. The number of methoxy groups -OCH3 is 1. The van der Waals surface area contributed by atoms with Gasteiger partial charge >= 0.3 is 5.97 Å². The third-order valence-corrected chi connectivity index (χ3v) is 1.48. The SMILES string of the molecule is COC(=O)CNc1cc(Cl)ncn1. The van der Waals surface area contributed by atoms with Crippen LogP contribution in [0.25, 0.3) is 0 Å². The van der Waals surface area contributed by atoms with Crippen molar-refractivity contribution in [1.82, 2.24) is 9.97 Å². The van der Waals surface area contributed by atoms with Gasteiger partial charge in [-0.05, 0) is 0 Å². The van der Waals surface area contributed by atoms with Crippen LogP contribution in [-0.4, -0.2) is 29.6 Å². The third kappa shape index (κ3) is 3.25. The average molecular weight is 202 g/mol. The summed E-state index contributed by atoms with van der Waals surface area (Å²) in [7, 11) is 1.32. The molecule has 0 aliphatic rings. The number of hydrogen-bond acceptors (Lipinski definition) is 5. The van der Waals surface area contributed by atoms with Crippen LogP contribution in [0.15, 0.2) is 12.4 Å². The molecule has 1 N–H and O–H groups in total. The van der Waals surface area contributed by atoms with Crippen molar-refractivity contribution < 1.29 is 9.53 Å². The monoisotopic (exact) mass is 201 g/mol. The van der Waals surface area contributed by atoms with E-state index in [-0.39, 0.29) is 12.5 Å². The van der Waals surface area contributed by atoms with Crippen molar-refractivity contribution in [3.8, 4) is 0 Å². The lowest BCUT2D eigenvalue weighted by Gasteiger charge is -2.02. The molecule has 6 heteroatoms. The van der Waals surface area contributed by atoms with Gasteiger partial charge < -0.3 is 10.1 Å². The first-order chi connectivity index (χ1) is 6.22. The van der Waals surface area contributed by atoms with Crippen molar-refractivity contribution in [2.75, 3.05) is 19.0 Å². The molecule has 0 amide bonds. The van der Waals surface area contributed by atoms with Crippen LogP contribution in [0, 0.1) is 0 Å². The third-order valence-electron chi connectivity index (χ3n) is 1.28. The predicted octanol–water partition coefficient (Wildman–Crippen LogP) is 0.715. The molecule has 0 spiro atoms. The number of carbonyl (C=O) groups is 1. The van der Waals surface area contributed by atoms with Crippen molar-refractivity contribution in [1.29, 1.82) is 0 Å². The molecule has 0 aliphatic heterocycles. The Hall–Kier alpha value is -1.36. The topological polar surface area (TPSA) is 64.1 Å². The number of anilines is 1. The first-order valence-electron chi connectivity index (χ1n) is 3.50.